The molecule has 0 saturated heterocycles. The number of rotatable bonds is 7. The van der Waals surface area contributed by atoms with Crippen LogP contribution in [0.5, 0.6) is 0 Å². The molecule has 4 atom stereocenters. The fourth-order valence-electron chi connectivity index (χ4n) is 5.36. The number of thiophene rings is 1. The van der Waals surface area contributed by atoms with Gasteiger partial charge in [0.1, 0.15) is 11.4 Å². The third-order valence-corrected chi connectivity index (χ3v) is 8.05. The lowest BCUT2D eigenvalue weighted by molar-refractivity contribution is -0.127. The van der Waals surface area contributed by atoms with Gasteiger partial charge in [0, 0.05) is 6.04 Å². The second-order valence-corrected chi connectivity index (χ2v) is 9.88. The van der Waals surface area contributed by atoms with Gasteiger partial charge in [-0.2, -0.15) is 5.10 Å². The zero-order valence-electron chi connectivity index (χ0n) is 18.6. The molecule has 0 spiro atoms. The number of fused-ring (bicyclic) bond motifs is 3. The van der Waals surface area contributed by atoms with Crippen LogP contribution in [0.25, 0.3) is 10.1 Å². The van der Waals surface area contributed by atoms with E-state index in [1.165, 1.54) is 12.3 Å². The number of hydrogen-bond donors (Lipinski definition) is 3. The van der Waals surface area contributed by atoms with E-state index in [1.807, 2.05) is 0 Å². The SMILES string of the molecule is CCOC(=O)c1cn[nH]c1CNC(=O)[C@H]1[C@@H]2CC[C@H](C2)[C@@H]1NC(=O)c1cc2cccc(F)c2s1. The molecule has 0 unspecified atom stereocenters. The summed E-state index contributed by atoms with van der Waals surface area (Å²) in [4.78, 5) is 38.7. The predicted octanol–water partition coefficient (Wildman–Crippen LogP) is 3.40. The molecule has 34 heavy (non-hydrogen) atoms. The van der Waals surface area contributed by atoms with Gasteiger partial charge in [-0.25, -0.2) is 9.18 Å². The standard InChI is InChI=1S/C24H25FN4O4S/c1-2-33-24(32)15-10-27-29-17(15)11-26-23(31)19-12-6-7-13(8-12)20(19)28-22(30)18-9-14-4-3-5-16(25)21(14)34-18/h3-5,9-10,12-13,19-20H,2,6-8,11H2,1H3,(H,26,31)(H,27,29)(H,28,30)/t12-,13-,19+,20+/m1/s1. The number of carbonyl (C=O) groups is 3. The summed E-state index contributed by atoms with van der Waals surface area (Å²) in [6, 6.07) is 6.18. The molecule has 2 aliphatic carbocycles. The highest BCUT2D eigenvalue weighted by molar-refractivity contribution is 7.20. The van der Waals surface area contributed by atoms with Gasteiger partial charge in [-0.05, 0) is 55.5 Å². The molecule has 0 aliphatic heterocycles. The van der Waals surface area contributed by atoms with Crippen LogP contribution in [0.2, 0.25) is 0 Å². The van der Waals surface area contributed by atoms with Gasteiger partial charge < -0.3 is 15.4 Å². The van der Waals surface area contributed by atoms with E-state index in [2.05, 4.69) is 20.8 Å². The molecule has 2 heterocycles. The lowest BCUT2D eigenvalue weighted by Gasteiger charge is -2.30. The summed E-state index contributed by atoms with van der Waals surface area (Å²) in [6.07, 6.45) is 4.19. The number of carbonyl (C=O) groups excluding carboxylic acids is 3. The first-order chi connectivity index (χ1) is 16.5. The minimum atomic E-state index is -0.495. The molecular weight excluding hydrogens is 459 g/mol. The number of nitrogens with zero attached hydrogens (tertiary/aromatic N) is 1. The fourth-order valence-corrected chi connectivity index (χ4v) is 6.33. The number of amides is 2. The molecule has 2 amide bonds. The van der Waals surface area contributed by atoms with E-state index in [-0.39, 0.29) is 60.1 Å². The van der Waals surface area contributed by atoms with E-state index in [9.17, 15) is 18.8 Å². The van der Waals surface area contributed by atoms with Crippen LogP contribution in [0.3, 0.4) is 0 Å². The molecule has 2 aromatic heterocycles. The quantitative estimate of drug-likeness (QED) is 0.445. The number of benzene rings is 1. The Morgan fingerprint density at radius 2 is 2.09 bits per heavy atom. The number of aromatic nitrogens is 2. The Bertz CT molecular complexity index is 1250. The highest BCUT2D eigenvalue weighted by Crippen LogP contribution is 2.48. The molecule has 5 rings (SSSR count). The number of hydrogen-bond acceptors (Lipinski definition) is 6. The largest absolute Gasteiger partial charge is 0.462 e. The summed E-state index contributed by atoms with van der Waals surface area (Å²) >= 11 is 1.12. The Labute approximate surface area is 199 Å². The van der Waals surface area contributed by atoms with E-state index in [1.54, 1.807) is 25.1 Å². The number of H-pyrrole nitrogens is 1. The molecule has 2 fully saturated rings. The molecule has 3 aromatic rings. The predicted molar refractivity (Wildman–Crippen MR) is 124 cm³/mol. The van der Waals surface area contributed by atoms with Crippen molar-refractivity contribution in [2.45, 2.75) is 38.8 Å². The van der Waals surface area contributed by atoms with Gasteiger partial charge in [0.2, 0.25) is 5.91 Å². The summed E-state index contributed by atoms with van der Waals surface area (Å²) < 4.78 is 19.5. The van der Waals surface area contributed by atoms with Gasteiger partial charge in [-0.15, -0.1) is 11.3 Å². The lowest BCUT2D eigenvalue weighted by Crippen LogP contribution is -2.49. The summed E-state index contributed by atoms with van der Waals surface area (Å²) in [5.74, 6) is -1.22. The molecule has 1 aromatic carbocycles. The lowest BCUT2D eigenvalue weighted by atomic mass is 9.83. The number of halogens is 1. The molecule has 2 saturated carbocycles. The van der Waals surface area contributed by atoms with E-state index in [0.29, 0.717) is 20.7 Å². The second kappa shape index (κ2) is 9.17. The summed E-state index contributed by atoms with van der Waals surface area (Å²) in [7, 11) is 0. The maximum atomic E-state index is 14.1. The normalized spacial score (nSPS) is 23.2. The molecule has 2 bridgehead atoms. The first-order valence-electron chi connectivity index (χ1n) is 11.4. The molecule has 8 nitrogen and oxygen atoms in total. The van der Waals surface area contributed by atoms with Gasteiger partial charge in [-0.1, -0.05) is 12.1 Å². The first-order valence-corrected chi connectivity index (χ1v) is 12.2. The molecule has 0 radical (unpaired) electrons. The Morgan fingerprint density at radius 1 is 1.26 bits per heavy atom. The third kappa shape index (κ3) is 4.06. The summed E-state index contributed by atoms with van der Waals surface area (Å²) in [5.41, 5.74) is 0.764. The summed E-state index contributed by atoms with van der Waals surface area (Å²) in [6.45, 7) is 2.07. The number of nitrogens with one attached hydrogen (secondary N) is 3. The number of aromatic amines is 1. The summed E-state index contributed by atoms with van der Waals surface area (Å²) in [5, 5.41) is 13.3. The van der Waals surface area contributed by atoms with Crippen molar-refractivity contribution in [3.63, 3.8) is 0 Å². The van der Waals surface area contributed by atoms with Crippen LogP contribution in [0.4, 0.5) is 4.39 Å². The molecule has 178 valence electrons. The van der Waals surface area contributed by atoms with Crippen LogP contribution in [-0.4, -0.2) is 40.6 Å². The van der Waals surface area contributed by atoms with E-state index in [4.69, 9.17) is 4.74 Å². The van der Waals surface area contributed by atoms with Gasteiger partial charge in [-0.3, -0.25) is 14.7 Å². The Hall–Kier alpha value is -3.27. The minimum Gasteiger partial charge on any atom is -0.462 e. The Balaban J connectivity index is 1.28. The van der Waals surface area contributed by atoms with Gasteiger partial charge in [0.15, 0.2) is 0 Å². The number of ether oxygens (including phenoxy) is 1. The van der Waals surface area contributed by atoms with Crippen molar-refractivity contribution in [2.75, 3.05) is 6.61 Å². The highest BCUT2D eigenvalue weighted by atomic mass is 32.1. The zero-order valence-corrected chi connectivity index (χ0v) is 19.4. The molecular formula is C24H25FN4O4S. The zero-order chi connectivity index (χ0) is 23.8. The minimum absolute atomic E-state index is 0.108. The molecule has 3 N–H and O–H groups in total. The van der Waals surface area contributed by atoms with Crippen LogP contribution in [0.15, 0.2) is 30.5 Å². The second-order valence-electron chi connectivity index (χ2n) is 8.83. The van der Waals surface area contributed by atoms with Crippen molar-refractivity contribution in [3.8, 4) is 0 Å². The van der Waals surface area contributed by atoms with Crippen molar-refractivity contribution >= 4 is 39.2 Å². The van der Waals surface area contributed by atoms with Gasteiger partial charge in [0.05, 0.1) is 40.5 Å². The van der Waals surface area contributed by atoms with Gasteiger partial charge >= 0.3 is 5.97 Å². The van der Waals surface area contributed by atoms with Crippen LogP contribution < -0.4 is 10.6 Å². The van der Waals surface area contributed by atoms with E-state index >= 15 is 0 Å². The Kier molecular flexibility index (Phi) is 6.07. The fraction of sp³-hybridized carbons (Fsp3) is 0.417. The smallest absolute Gasteiger partial charge is 0.341 e. The van der Waals surface area contributed by atoms with Gasteiger partial charge in [0.25, 0.3) is 5.91 Å². The van der Waals surface area contributed by atoms with Crippen LogP contribution in [0, 0.1) is 23.6 Å². The topological polar surface area (TPSA) is 113 Å². The highest BCUT2D eigenvalue weighted by Gasteiger charge is 2.51. The average molecular weight is 485 g/mol. The van der Waals surface area contributed by atoms with E-state index < -0.39 is 5.97 Å². The monoisotopic (exact) mass is 484 g/mol. The van der Waals surface area contributed by atoms with Crippen molar-refractivity contribution < 1.29 is 23.5 Å². The molecule has 2 aliphatic rings. The van der Waals surface area contributed by atoms with Crippen LogP contribution >= 0.6 is 11.3 Å². The van der Waals surface area contributed by atoms with Crippen molar-refractivity contribution in [1.29, 1.82) is 0 Å². The van der Waals surface area contributed by atoms with Crippen LogP contribution in [0.1, 0.15) is 51.9 Å². The first kappa shape index (κ1) is 22.5. The number of esters is 1. The maximum absolute atomic E-state index is 14.1. The van der Waals surface area contributed by atoms with E-state index in [0.717, 1.165) is 30.6 Å². The maximum Gasteiger partial charge on any atom is 0.341 e. The van der Waals surface area contributed by atoms with Crippen molar-refractivity contribution in [2.24, 2.45) is 17.8 Å². The average Bonchev–Trinajstić information content (AvgIpc) is 3.61. The molecule has 10 heteroatoms. The Morgan fingerprint density at radius 3 is 2.88 bits per heavy atom. The van der Waals surface area contributed by atoms with Crippen LogP contribution in [-0.2, 0) is 16.1 Å². The third-order valence-electron chi connectivity index (χ3n) is 6.89. The van der Waals surface area contributed by atoms with Crippen molar-refractivity contribution in [1.82, 2.24) is 20.8 Å². The van der Waals surface area contributed by atoms with Crippen molar-refractivity contribution in [3.05, 3.63) is 52.4 Å².